The third kappa shape index (κ3) is 2.30. The van der Waals surface area contributed by atoms with E-state index in [0.29, 0.717) is 21.2 Å². The number of benzene rings is 1. The molecule has 2 atom stereocenters. The maximum Gasteiger partial charge on any atom is 0.319 e. The maximum absolute atomic E-state index is 12.9. The van der Waals surface area contributed by atoms with Crippen LogP contribution < -0.4 is 19.5 Å². The lowest BCUT2D eigenvalue weighted by molar-refractivity contribution is -0.308. The second kappa shape index (κ2) is 5.63. The van der Waals surface area contributed by atoms with E-state index in [0.717, 1.165) is 11.3 Å². The van der Waals surface area contributed by atoms with Gasteiger partial charge in [0.15, 0.2) is 11.5 Å². The van der Waals surface area contributed by atoms with E-state index >= 15 is 0 Å². The van der Waals surface area contributed by atoms with Gasteiger partial charge in [-0.2, -0.15) is 0 Å². The van der Waals surface area contributed by atoms with E-state index in [9.17, 15) is 19.5 Å². The molecule has 0 spiro atoms. The van der Waals surface area contributed by atoms with Gasteiger partial charge in [-0.1, -0.05) is 23.5 Å². The number of hydrogen-bond acceptors (Lipinski definition) is 8. The van der Waals surface area contributed by atoms with Crippen molar-refractivity contribution in [3.8, 4) is 11.5 Å². The number of H-pyrrole nitrogens is 1. The minimum Gasteiger partial charge on any atom is -0.550 e. The van der Waals surface area contributed by atoms with Gasteiger partial charge in [-0.25, -0.2) is 0 Å². The summed E-state index contributed by atoms with van der Waals surface area (Å²) in [7, 11) is 1.46. The summed E-state index contributed by atoms with van der Waals surface area (Å²) in [5, 5.41) is 12.1. The number of hydrogen-bond donors (Lipinski definition) is 1. The molecule has 0 bridgehead atoms. The largest absolute Gasteiger partial charge is 0.550 e. The molecule has 0 fully saturated rings. The number of carboxylic acids is 1. The monoisotopic (exact) mass is 378 g/mol. The van der Waals surface area contributed by atoms with Gasteiger partial charge < -0.3 is 24.4 Å². The lowest BCUT2D eigenvalue weighted by Gasteiger charge is -2.44. The van der Waals surface area contributed by atoms with Crippen LogP contribution in [0.3, 0.4) is 0 Å². The maximum atomic E-state index is 12.9. The summed E-state index contributed by atoms with van der Waals surface area (Å²) in [4.78, 5) is 39.3. The van der Waals surface area contributed by atoms with Gasteiger partial charge >= 0.3 is 10.8 Å². The first-order valence-electron chi connectivity index (χ1n) is 7.41. The van der Waals surface area contributed by atoms with Crippen LogP contribution in [0.15, 0.2) is 28.0 Å². The fraction of sp³-hybridized carbons (Fsp3) is 0.312. The number of nitrogens with one attached hydrogen (secondary N) is 1. The Bertz CT molecular complexity index is 948. The number of para-hydroxylation sites is 1. The first-order valence-corrected chi connectivity index (χ1v) is 9.21. The average Bonchev–Trinajstić information content (AvgIpc) is 2.94. The van der Waals surface area contributed by atoms with Crippen LogP contribution in [0.5, 0.6) is 11.5 Å². The molecule has 2 aromatic rings. The molecule has 4 rings (SSSR count). The van der Waals surface area contributed by atoms with Crippen molar-refractivity contribution in [2.75, 3.05) is 12.9 Å². The molecule has 7 nitrogen and oxygen atoms in total. The Morgan fingerprint density at radius 1 is 1.48 bits per heavy atom. The normalized spacial score (nSPS) is 23.9. The Hall–Kier alpha value is -2.26. The van der Waals surface area contributed by atoms with Crippen LogP contribution in [0.25, 0.3) is 0 Å². The van der Waals surface area contributed by atoms with Gasteiger partial charge in [0.05, 0.1) is 17.6 Å². The molecule has 9 heteroatoms. The molecule has 0 aliphatic carbocycles. The standard InChI is InChI=1S/C16H13NO6S2/c1-22-8-4-2-3-7-10-12-13(17-15(21)25-12)24-6-16(10,5-9(18)19)14(20)23-11(7)8/h2-4,10H,5-6H2,1H3,(H,17,21)(H,18,19)/p-1/t10-,16-/m0/s1. The van der Waals surface area contributed by atoms with Crippen molar-refractivity contribution in [1.82, 2.24) is 4.98 Å². The van der Waals surface area contributed by atoms with Crippen molar-refractivity contribution in [2.45, 2.75) is 17.4 Å². The first-order chi connectivity index (χ1) is 12.0. The van der Waals surface area contributed by atoms with E-state index in [1.54, 1.807) is 18.2 Å². The topological polar surface area (TPSA) is 109 Å². The Balaban J connectivity index is 2.01. The van der Waals surface area contributed by atoms with Gasteiger partial charge in [-0.3, -0.25) is 9.59 Å². The number of carboxylic acid groups (broad SMARTS) is 1. The van der Waals surface area contributed by atoms with Crippen molar-refractivity contribution >= 4 is 35.0 Å². The van der Waals surface area contributed by atoms with E-state index < -0.39 is 29.7 Å². The number of thiazole rings is 1. The number of rotatable bonds is 3. The van der Waals surface area contributed by atoms with Gasteiger partial charge in [0.1, 0.15) is 0 Å². The van der Waals surface area contributed by atoms with Gasteiger partial charge in [-0.05, 0) is 6.07 Å². The van der Waals surface area contributed by atoms with Crippen LogP contribution in [0.1, 0.15) is 22.8 Å². The molecule has 0 amide bonds. The molecule has 25 heavy (non-hydrogen) atoms. The molecule has 1 aromatic carbocycles. The SMILES string of the molecule is COc1cccc2c1OC(=O)[C@@]1(CC(=O)[O-])CSc3[nH]c(=O)sc3[C@H]21. The third-order valence-corrected chi connectivity index (χ3v) is 6.88. The summed E-state index contributed by atoms with van der Waals surface area (Å²) in [5.41, 5.74) is -0.682. The smallest absolute Gasteiger partial charge is 0.319 e. The molecule has 0 radical (unpaired) electrons. The zero-order chi connectivity index (χ0) is 17.8. The van der Waals surface area contributed by atoms with E-state index in [4.69, 9.17) is 9.47 Å². The Morgan fingerprint density at radius 2 is 2.28 bits per heavy atom. The zero-order valence-electron chi connectivity index (χ0n) is 13.0. The number of aliphatic carboxylic acids is 1. The van der Waals surface area contributed by atoms with Crippen molar-refractivity contribution in [2.24, 2.45) is 5.41 Å². The quantitative estimate of drug-likeness (QED) is 0.619. The van der Waals surface area contributed by atoms with Crippen molar-refractivity contribution in [1.29, 1.82) is 0 Å². The number of aromatic amines is 1. The molecule has 3 heterocycles. The second-order valence-corrected chi connectivity index (χ2v) is 7.90. The predicted molar refractivity (Wildman–Crippen MR) is 88.2 cm³/mol. The predicted octanol–water partition coefficient (Wildman–Crippen LogP) is 0.728. The van der Waals surface area contributed by atoms with Gasteiger partial charge in [0.25, 0.3) is 0 Å². The van der Waals surface area contributed by atoms with Crippen molar-refractivity contribution in [3.63, 3.8) is 0 Å². The lowest BCUT2D eigenvalue weighted by atomic mass is 9.68. The first kappa shape index (κ1) is 16.2. The molecule has 1 aromatic heterocycles. The molecule has 2 aliphatic rings. The third-order valence-electron chi connectivity index (χ3n) is 4.53. The minimum atomic E-state index is -1.33. The number of esters is 1. The molecular weight excluding hydrogens is 366 g/mol. The average molecular weight is 378 g/mol. The summed E-state index contributed by atoms with van der Waals surface area (Å²) in [6.45, 7) is 0. The molecule has 0 unspecified atom stereocenters. The van der Waals surface area contributed by atoms with Gasteiger partial charge in [-0.15, -0.1) is 11.8 Å². The van der Waals surface area contributed by atoms with Crippen LogP contribution in [0.2, 0.25) is 0 Å². The number of methoxy groups -OCH3 is 1. The van der Waals surface area contributed by atoms with Gasteiger partial charge in [0.2, 0.25) is 0 Å². The summed E-state index contributed by atoms with van der Waals surface area (Å²) in [6.07, 6.45) is -0.480. The fourth-order valence-corrected chi connectivity index (χ4v) is 6.03. The van der Waals surface area contributed by atoms with E-state index in [1.165, 1.54) is 18.9 Å². The fourth-order valence-electron chi connectivity index (χ4n) is 3.48. The van der Waals surface area contributed by atoms with Crippen LogP contribution in [0.4, 0.5) is 0 Å². The van der Waals surface area contributed by atoms with E-state index in [2.05, 4.69) is 4.98 Å². The second-order valence-electron chi connectivity index (χ2n) is 5.90. The minimum absolute atomic E-state index is 0.181. The number of fused-ring (bicyclic) bond motifs is 5. The van der Waals surface area contributed by atoms with Crippen molar-refractivity contribution < 1.29 is 24.2 Å². The summed E-state index contributed by atoms with van der Waals surface area (Å²) in [6, 6.07) is 5.18. The number of carbonyl (C=O) groups is 2. The Kier molecular flexibility index (Phi) is 3.66. The summed E-state index contributed by atoms with van der Waals surface area (Å²) >= 11 is 2.24. The molecule has 1 N–H and O–H groups in total. The van der Waals surface area contributed by atoms with Crippen molar-refractivity contribution in [3.05, 3.63) is 38.3 Å². The summed E-state index contributed by atoms with van der Waals surface area (Å²) in [5.74, 6) is -1.74. The van der Waals surface area contributed by atoms with E-state index in [-0.39, 0.29) is 16.4 Å². The van der Waals surface area contributed by atoms with Crippen LogP contribution in [-0.2, 0) is 9.59 Å². The highest BCUT2D eigenvalue weighted by atomic mass is 32.2. The number of aromatic nitrogens is 1. The molecule has 130 valence electrons. The zero-order valence-corrected chi connectivity index (χ0v) is 14.6. The Labute approximate surface area is 150 Å². The number of ether oxygens (including phenoxy) is 2. The summed E-state index contributed by atoms with van der Waals surface area (Å²) < 4.78 is 10.8. The highest BCUT2D eigenvalue weighted by Crippen LogP contribution is 2.59. The number of thioether (sulfide) groups is 1. The molecule has 2 aliphatic heterocycles. The molecule has 0 saturated heterocycles. The highest BCUT2D eigenvalue weighted by molar-refractivity contribution is 7.99. The number of carbonyl (C=O) groups excluding carboxylic acids is 2. The Morgan fingerprint density at radius 3 is 3.00 bits per heavy atom. The van der Waals surface area contributed by atoms with Crippen LogP contribution >= 0.6 is 23.1 Å². The molecular formula is C16H12NO6S2-. The van der Waals surface area contributed by atoms with Crippen LogP contribution in [0, 0.1) is 5.41 Å². The van der Waals surface area contributed by atoms with Gasteiger partial charge in [0, 0.05) is 34.5 Å². The van der Waals surface area contributed by atoms with Crippen LogP contribution in [-0.4, -0.2) is 29.8 Å². The van der Waals surface area contributed by atoms with E-state index in [1.807, 2.05) is 0 Å². The molecule has 0 saturated carbocycles. The lowest BCUT2D eigenvalue weighted by Crippen LogP contribution is -2.50. The highest BCUT2D eigenvalue weighted by Gasteiger charge is 2.56.